The van der Waals surface area contributed by atoms with Crippen molar-refractivity contribution in [2.24, 2.45) is 0 Å². The first-order valence-corrected chi connectivity index (χ1v) is 7.43. The van der Waals surface area contributed by atoms with E-state index >= 15 is 0 Å². The minimum atomic E-state index is -0.591. The molecule has 1 aliphatic heterocycles. The predicted octanol–water partition coefficient (Wildman–Crippen LogP) is 2.32. The van der Waals surface area contributed by atoms with Gasteiger partial charge in [-0.05, 0) is 52.2 Å². The van der Waals surface area contributed by atoms with E-state index in [0.717, 1.165) is 31.7 Å². The molecule has 1 aromatic rings. The average molecular weight is 277 g/mol. The summed E-state index contributed by atoms with van der Waals surface area (Å²) >= 11 is 0. The highest BCUT2D eigenvalue weighted by Gasteiger charge is 2.28. The average Bonchev–Trinajstić information content (AvgIpc) is 2.35. The molecule has 1 atom stereocenters. The summed E-state index contributed by atoms with van der Waals surface area (Å²) in [5, 5.41) is 13.6. The van der Waals surface area contributed by atoms with Crippen LogP contribution in [0.2, 0.25) is 0 Å². The molecular formula is C16H27N3O. The fourth-order valence-corrected chi connectivity index (χ4v) is 2.49. The van der Waals surface area contributed by atoms with Crippen LogP contribution in [0, 0.1) is 0 Å². The molecule has 1 unspecified atom stereocenters. The Labute approximate surface area is 122 Å². The second-order valence-corrected chi connectivity index (χ2v) is 7.15. The summed E-state index contributed by atoms with van der Waals surface area (Å²) < 4.78 is 0. The van der Waals surface area contributed by atoms with Gasteiger partial charge in [0.25, 0.3) is 0 Å². The highest BCUT2D eigenvalue weighted by molar-refractivity contribution is 5.40. The third-order valence-electron chi connectivity index (χ3n) is 3.63. The van der Waals surface area contributed by atoms with Crippen LogP contribution in [-0.4, -0.2) is 34.3 Å². The van der Waals surface area contributed by atoms with Gasteiger partial charge < -0.3 is 15.3 Å². The summed E-state index contributed by atoms with van der Waals surface area (Å²) in [5.74, 6) is 0.962. The van der Waals surface area contributed by atoms with Crippen molar-refractivity contribution in [3.63, 3.8) is 0 Å². The van der Waals surface area contributed by atoms with E-state index in [9.17, 15) is 5.11 Å². The molecule has 0 amide bonds. The molecule has 0 bridgehead atoms. The molecule has 112 valence electrons. The normalized spacial score (nSPS) is 23.9. The Morgan fingerprint density at radius 3 is 2.70 bits per heavy atom. The Morgan fingerprint density at radius 1 is 1.40 bits per heavy atom. The van der Waals surface area contributed by atoms with E-state index in [4.69, 9.17) is 0 Å². The predicted molar refractivity (Wildman–Crippen MR) is 82.9 cm³/mol. The minimum absolute atomic E-state index is 0.115. The van der Waals surface area contributed by atoms with Gasteiger partial charge in [-0.15, -0.1) is 0 Å². The van der Waals surface area contributed by atoms with Gasteiger partial charge in [-0.3, -0.25) is 0 Å². The number of pyridine rings is 1. The van der Waals surface area contributed by atoms with Crippen molar-refractivity contribution in [1.29, 1.82) is 0 Å². The minimum Gasteiger partial charge on any atom is -0.388 e. The maximum Gasteiger partial charge on any atom is 0.128 e. The molecular weight excluding hydrogens is 250 g/mol. The zero-order chi connectivity index (χ0) is 14.8. The van der Waals surface area contributed by atoms with Crippen molar-refractivity contribution in [2.45, 2.75) is 58.2 Å². The zero-order valence-corrected chi connectivity index (χ0v) is 13.1. The Hall–Kier alpha value is -1.13. The highest BCUT2D eigenvalue weighted by atomic mass is 16.3. The highest BCUT2D eigenvalue weighted by Crippen LogP contribution is 2.24. The molecule has 1 saturated heterocycles. The molecule has 20 heavy (non-hydrogen) atoms. The monoisotopic (exact) mass is 277 g/mol. The lowest BCUT2D eigenvalue weighted by Crippen LogP contribution is -2.46. The van der Waals surface area contributed by atoms with E-state index in [1.165, 1.54) is 5.56 Å². The number of aliphatic hydroxyl groups is 1. The Balaban J connectivity index is 1.97. The maximum atomic E-state index is 10.2. The third-order valence-corrected chi connectivity index (χ3v) is 3.63. The molecule has 2 N–H and O–H groups in total. The van der Waals surface area contributed by atoms with Crippen LogP contribution < -0.4 is 10.2 Å². The number of hydrogen-bond acceptors (Lipinski definition) is 4. The van der Waals surface area contributed by atoms with Crippen molar-refractivity contribution in [2.75, 3.05) is 18.0 Å². The molecule has 0 aliphatic carbocycles. The van der Waals surface area contributed by atoms with Crippen LogP contribution in [0.15, 0.2) is 18.3 Å². The molecule has 1 aliphatic rings. The summed E-state index contributed by atoms with van der Waals surface area (Å²) in [6, 6.07) is 4.17. The fraction of sp³-hybridized carbons (Fsp3) is 0.688. The van der Waals surface area contributed by atoms with Crippen LogP contribution >= 0.6 is 0 Å². The van der Waals surface area contributed by atoms with E-state index in [2.05, 4.69) is 48.1 Å². The number of anilines is 1. The molecule has 0 saturated carbocycles. The van der Waals surface area contributed by atoms with Gasteiger partial charge >= 0.3 is 0 Å². The van der Waals surface area contributed by atoms with E-state index < -0.39 is 5.60 Å². The van der Waals surface area contributed by atoms with Crippen LogP contribution in [0.3, 0.4) is 0 Å². The summed E-state index contributed by atoms with van der Waals surface area (Å²) in [5.41, 5.74) is 0.712. The van der Waals surface area contributed by atoms with E-state index in [1.807, 2.05) is 13.1 Å². The van der Waals surface area contributed by atoms with Gasteiger partial charge in [0.05, 0.1) is 5.60 Å². The first kappa shape index (κ1) is 15.3. The van der Waals surface area contributed by atoms with Crippen molar-refractivity contribution in [1.82, 2.24) is 10.3 Å². The second kappa shape index (κ2) is 5.70. The lowest BCUT2D eigenvalue weighted by atomic mass is 9.95. The number of rotatable bonds is 3. The van der Waals surface area contributed by atoms with Gasteiger partial charge in [-0.25, -0.2) is 4.98 Å². The van der Waals surface area contributed by atoms with Crippen molar-refractivity contribution < 1.29 is 5.11 Å². The second-order valence-electron chi connectivity index (χ2n) is 7.15. The van der Waals surface area contributed by atoms with Crippen LogP contribution in [0.5, 0.6) is 0 Å². The molecule has 0 spiro atoms. The van der Waals surface area contributed by atoms with E-state index in [1.54, 1.807) is 0 Å². The molecule has 2 rings (SSSR count). The Morgan fingerprint density at radius 2 is 2.15 bits per heavy atom. The van der Waals surface area contributed by atoms with Crippen LogP contribution in [-0.2, 0) is 6.54 Å². The summed E-state index contributed by atoms with van der Waals surface area (Å²) in [4.78, 5) is 6.71. The molecule has 0 aromatic carbocycles. The van der Waals surface area contributed by atoms with Gasteiger partial charge in [-0.1, -0.05) is 6.07 Å². The number of hydrogen-bond donors (Lipinski definition) is 2. The summed E-state index contributed by atoms with van der Waals surface area (Å²) in [7, 11) is 0. The number of nitrogens with one attached hydrogen (secondary N) is 1. The SMILES string of the molecule is CC1(O)CCCN(c2ccc(CNC(C)(C)C)cn2)C1. The van der Waals surface area contributed by atoms with Crippen molar-refractivity contribution in [3.05, 3.63) is 23.9 Å². The number of β-amino-alcohol motifs (C(OH)–C–C–N with tert-alkyl or cyclic N) is 1. The molecule has 2 heterocycles. The van der Waals surface area contributed by atoms with Crippen molar-refractivity contribution >= 4 is 5.82 Å². The number of aromatic nitrogens is 1. The third kappa shape index (κ3) is 4.46. The van der Waals surface area contributed by atoms with Crippen LogP contribution in [0.4, 0.5) is 5.82 Å². The summed E-state index contributed by atoms with van der Waals surface area (Å²) in [6.07, 6.45) is 3.82. The fourth-order valence-electron chi connectivity index (χ4n) is 2.49. The molecule has 1 aromatic heterocycles. The van der Waals surface area contributed by atoms with Gasteiger partial charge in [0, 0.05) is 31.4 Å². The van der Waals surface area contributed by atoms with Crippen LogP contribution in [0.25, 0.3) is 0 Å². The maximum absolute atomic E-state index is 10.2. The first-order chi connectivity index (χ1) is 9.25. The van der Waals surface area contributed by atoms with E-state index in [-0.39, 0.29) is 5.54 Å². The Kier molecular flexibility index (Phi) is 4.35. The Bertz CT molecular complexity index is 434. The van der Waals surface area contributed by atoms with Crippen LogP contribution in [0.1, 0.15) is 46.1 Å². The van der Waals surface area contributed by atoms with Crippen molar-refractivity contribution in [3.8, 4) is 0 Å². The molecule has 0 radical (unpaired) electrons. The summed E-state index contributed by atoms with van der Waals surface area (Å²) in [6.45, 7) is 10.8. The lowest BCUT2D eigenvalue weighted by molar-refractivity contribution is 0.0447. The lowest BCUT2D eigenvalue weighted by Gasteiger charge is -2.37. The number of nitrogens with zero attached hydrogens (tertiary/aromatic N) is 2. The van der Waals surface area contributed by atoms with Gasteiger partial charge in [0.2, 0.25) is 0 Å². The molecule has 4 nitrogen and oxygen atoms in total. The topological polar surface area (TPSA) is 48.4 Å². The molecule has 4 heteroatoms. The smallest absolute Gasteiger partial charge is 0.128 e. The zero-order valence-electron chi connectivity index (χ0n) is 13.1. The standard InChI is InChI=1S/C16H27N3O/c1-15(2,3)18-11-13-6-7-14(17-10-13)19-9-5-8-16(4,20)12-19/h6-7,10,18,20H,5,8-9,11-12H2,1-4H3. The van der Waals surface area contributed by atoms with Gasteiger partial charge in [0.1, 0.15) is 5.82 Å². The number of piperidine rings is 1. The molecule has 1 fully saturated rings. The first-order valence-electron chi connectivity index (χ1n) is 7.43. The van der Waals surface area contributed by atoms with Gasteiger partial charge in [-0.2, -0.15) is 0 Å². The largest absolute Gasteiger partial charge is 0.388 e. The van der Waals surface area contributed by atoms with E-state index in [0.29, 0.717) is 6.54 Å². The van der Waals surface area contributed by atoms with Gasteiger partial charge in [0.15, 0.2) is 0 Å². The quantitative estimate of drug-likeness (QED) is 0.890.